The SMILES string of the molecule is CC(C)N1CCCC(C2CN(c3cnc4c(C#N)nn(C(CC5CC(C6CN(C7=CNC8C(C#N)=NN(C(C)c9ccc(Cl)cc9Cl)C8=N7)C6)CN(CCCC(N)=O)C5)c5ccc(Cl)cc5Cl)c4n3)C2)C1. The average molecular weight is 1040 g/mol. The Morgan fingerprint density at radius 2 is 1.61 bits per heavy atom. The molecule has 71 heavy (non-hydrogen) atoms. The maximum Gasteiger partial charge on any atom is 0.217 e. The maximum absolute atomic E-state index is 11.9. The van der Waals surface area contributed by atoms with Gasteiger partial charge in [-0.05, 0) is 131 Å². The number of amidine groups is 1. The number of primary amides is 1. The topological polar surface area (TPSA) is 187 Å². The molecule has 10 rings (SSSR count). The fourth-order valence-electron chi connectivity index (χ4n) is 11.8. The molecule has 4 fully saturated rings. The summed E-state index contributed by atoms with van der Waals surface area (Å²) in [7, 11) is 0. The number of carbonyl (C=O) groups excluding carboxylic acids is 1. The zero-order valence-corrected chi connectivity index (χ0v) is 43.3. The van der Waals surface area contributed by atoms with Crippen molar-refractivity contribution < 1.29 is 4.79 Å². The van der Waals surface area contributed by atoms with Gasteiger partial charge >= 0.3 is 0 Å². The number of piperidine rings is 2. The molecule has 6 aliphatic rings. The minimum absolute atomic E-state index is 0.178. The van der Waals surface area contributed by atoms with Crippen LogP contribution in [0.4, 0.5) is 5.82 Å². The fourth-order valence-corrected chi connectivity index (χ4v) is 12.9. The number of nitriles is 2. The molecule has 0 saturated carbocycles. The summed E-state index contributed by atoms with van der Waals surface area (Å²) in [6, 6.07) is 14.9. The third-order valence-electron chi connectivity index (χ3n) is 15.7. The summed E-state index contributed by atoms with van der Waals surface area (Å²) in [6.07, 6.45) is 8.75. The lowest BCUT2D eigenvalue weighted by atomic mass is 9.75. The van der Waals surface area contributed by atoms with Gasteiger partial charge in [0.05, 0.1) is 18.3 Å². The van der Waals surface area contributed by atoms with Gasteiger partial charge in [-0.15, -0.1) is 0 Å². The molecule has 0 bridgehead atoms. The molecule has 6 atom stereocenters. The average Bonchev–Trinajstić information content (AvgIpc) is 3.87. The fraction of sp³-hybridized carbons (Fsp3) is 0.529. The molecule has 1 amide bonds. The van der Waals surface area contributed by atoms with E-state index in [1.807, 2.05) is 36.0 Å². The van der Waals surface area contributed by atoms with Crippen molar-refractivity contribution >= 4 is 80.8 Å². The molecule has 4 saturated heterocycles. The van der Waals surface area contributed by atoms with Crippen molar-refractivity contribution in [2.45, 2.75) is 83.5 Å². The molecule has 20 heteroatoms. The summed E-state index contributed by atoms with van der Waals surface area (Å²) in [6.45, 7) is 14.7. The predicted molar refractivity (Wildman–Crippen MR) is 278 cm³/mol. The molecule has 8 heterocycles. The van der Waals surface area contributed by atoms with Crippen LogP contribution >= 0.6 is 46.4 Å². The highest BCUT2D eigenvalue weighted by atomic mass is 35.5. The first-order valence-electron chi connectivity index (χ1n) is 24.9. The number of rotatable bonds is 15. The normalized spacial score (nSPS) is 24.0. The van der Waals surface area contributed by atoms with E-state index in [4.69, 9.17) is 72.2 Å². The number of aliphatic imine (C=N–C) groups is 1. The van der Waals surface area contributed by atoms with E-state index in [0.717, 1.165) is 81.5 Å². The molecule has 0 aliphatic carbocycles. The van der Waals surface area contributed by atoms with Gasteiger partial charge in [0.1, 0.15) is 35.3 Å². The molecule has 0 radical (unpaired) electrons. The van der Waals surface area contributed by atoms with E-state index in [2.05, 4.69) is 56.0 Å². The number of halogens is 4. The highest BCUT2D eigenvalue weighted by molar-refractivity contribution is 6.35. The number of hydrogen-bond donors (Lipinski definition) is 2. The van der Waals surface area contributed by atoms with E-state index < -0.39 is 12.1 Å². The van der Waals surface area contributed by atoms with E-state index >= 15 is 0 Å². The number of hydrazone groups is 1. The summed E-state index contributed by atoms with van der Waals surface area (Å²) < 4.78 is 1.88. The number of nitrogens with two attached hydrogens (primary N) is 1. The molecule has 2 aromatic carbocycles. The van der Waals surface area contributed by atoms with E-state index in [1.165, 1.54) is 19.4 Å². The van der Waals surface area contributed by atoms with Crippen LogP contribution in [0.1, 0.15) is 88.2 Å². The van der Waals surface area contributed by atoms with Crippen molar-refractivity contribution in [3.63, 3.8) is 0 Å². The number of likely N-dealkylation sites (tertiary alicyclic amines) is 3. The van der Waals surface area contributed by atoms with Crippen LogP contribution in [-0.4, -0.2) is 128 Å². The molecule has 6 aliphatic heterocycles. The second-order valence-corrected chi connectivity index (χ2v) is 22.3. The van der Waals surface area contributed by atoms with E-state index in [1.54, 1.807) is 29.4 Å². The molecule has 0 spiro atoms. The minimum atomic E-state index is -0.469. The van der Waals surface area contributed by atoms with Crippen molar-refractivity contribution in [3.8, 4) is 12.1 Å². The monoisotopic (exact) mass is 1040 g/mol. The lowest BCUT2D eigenvalue weighted by molar-refractivity contribution is -0.118. The van der Waals surface area contributed by atoms with Crippen molar-refractivity contribution in [1.82, 2.24) is 44.8 Å². The number of carbonyl (C=O) groups is 1. The maximum atomic E-state index is 11.9. The van der Waals surface area contributed by atoms with Crippen molar-refractivity contribution in [2.75, 3.05) is 63.8 Å². The van der Waals surface area contributed by atoms with Crippen molar-refractivity contribution in [2.24, 2.45) is 45.4 Å². The summed E-state index contributed by atoms with van der Waals surface area (Å²) >= 11 is 26.5. The number of aromatic nitrogens is 4. The van der Waals surface area contributed by atoms with E-state index in [0.29, 0.717) is 91.8 Å². The number of benzene rings is 2. The third kappa shape index (κ3) is 10.1. The number of nitrogens with one attached hydrogen (secondary N) is 1. The summed E-state index contributed by atoms with van der Waals surface area (Å²) in [5.41, 5.74) is 8.87. The highest BCUT2D eigenvalue weighted by Crippen LogP contribution is 2.43. The molecular weight excluding hydrogens is 980 g/mol. The van der Waals surface area contributed by atoms with Crippen LogP contribution in [0.25, 0.3) is 11.2 Å². The van der Waals surface area contributed by atoms with Crippen LogP contribution < -0.4 is 16.0 Å². The van der Waals surface area contributed by atoms with Crippen molar-refractivity contribution in [3.05, 3.63) is 91.5 Å². The largest absolute Gasteiger partial charge is 0.373 e. The number of anilines is 1. The Labute approximate surface area is 435 Å². The molecule has 16 nitrogen and oxygen atoms in total. The molecule has 2 aromatic heterocycles. The second kappa shape index (κ2) is 20.7. The molecular formula is C51H59Cl4N15O. The lowest BCUT2D eigenvalue weighted by Crippen LogP contribution is -2.55. The Balaban J connectivity index is 0.893. The predicted octanol–water partition coefficient (Wildman–Crippen LogP) is 8.11. The van der Waals surface area contributed by atoms with Gasteiger partial charge in [0.2, 0.25) is 5.91 Å². The van der Waals surface area contributed by atoms with Gasteiger partial charge in [0.25, 0.3) is 0 Å². The van der Waals surface area contributed by atoms with Crippen molar-refractivity contribution in [1.29, 1.82) is 10.5 Å². The Morgan fingerprint density at radius 3 is 2.30 bits per heavy atom. The van der Waals surface area contributed by atoms with Gasteiger partial charge in [-0.25, -0.2) is 24.7 Å². The van der Waals surface area contributed by atoms with Gasteiger partial charge in [-0.2, -0.15) is 20.7 Å². The quantitative estimate of drug-likeness (QED) is 0.117. The number of nitrogens with zero attached hydrogens (tertiary/aromatic N) is 13. The van der Waals surface area contributed by atoms with Crippen LogP contribution in [0.3, 0.4) is 0 Å². The molecule has 3 N–H and O–H groups in total. The minimum Gasteiger partial charge on any atom is -0.373 e. The van der Waals surface area contributed by atoms with Crippen LogP contribution in [0.15, 0.2) is 64.7 Å². The summed E-state index contributed by atoms with van der Waals surface area (Å²) in [5, 5.41) is 37.4. The van der Waals surface area contributed by atoms with Gasteiger partial charge in [-0.3, -0.25) is 4.79 Å². The summed E-state index contributed by atoms with van der Waals surface area (Å²) in [5.74, 6) is 4.02. The van der Waals surface area contributed by atoms with Gasteiger partial charge in [0, 0.05) is 84.6 Å². The van der Waals surface area contributed by atoms with Gasteiger partial charge in [-0.1, -0.05) is 58.5 Å². The van der Waals surface area contributed by atoms with Gasteiger partial charge in [0.15, 0.2) is 22.9 Å². The number of hydrogen-bond acceptors (Lipinski definition) is 14. The smallest absolute Gasteiger partial charge is 0.217 e. The Morgan fingerprint density at radius 1 is 0.887 bits per heavy atom. The van der Waals surface area contributed by atoms with Crippen LogP contribution in [0, 0.1) is 52.3 Å². The zero-order valence-electron chi connectivity index (χ0n) is 40.2. The van der Waals surface area contributed by atoms with Gasteiger partial charge < -0.3 is 30.7 Å². The third-order valence-corrected chi connectivity index (χ3v) is 16.8. The van der Waals surface area contributed by atoms with Crippen LogP contribution in [-0.2, 0) is 4.79 Å². The Hall–Kier alpha value is -5.20. The van der Waals surface area contributed by atoms with Crippen LogP contribution in [0.5, 0.6) is 0 Å². The highest BCUT2D eigenvalue weighted by Gasteiger charge is 2.44. The first-order valence-corrected chi connectivity index (χ1v) is 26.4. The first kappa shape index (κ1) is 49.4. The van der Waals surface area contributed by atoms with E-state index in [-0.39, 0.29) is 23.6 Å². The number of fused-ring (bicyclic) bond motifs is 2. The Bertz CT molecular complexity index is 2860. The Kier molecular flexibility index (Phi) is 14.4. The molecule has 372 valence electrons. The lowest BCUT2D eigenvalue weighted by Gasteiger charge is -2.49. The molecule has 6 unspecified atom stereocenters. The van der Waals surface area contributed by atoms with E-state index in [9.17, 15) is 15.3 Å². The molecule has 4 aromatic rings. The standard InChI is InChI=1S/C51H59Cl4N15O/c1-29(2)66-13-4-6-32(24-66)34-25-67(26-34)47-21-60-49-43(19-57)64-70(51(49)62-47)44(39-11-9-37(53)17-41(39)55)15-31-14-33(23-65(22-31)12-5-7-45(58)71)35-27-68(28-35)46-20-59-48-42(18-56)63-69(50(48)61-46)30(3)38-10-8-36(52)16-40(38)54/h8-11,16-17,20-21,29-35,44,48,59H,4-7,12-15,22-28H2,1-3H3,(H2,58,71). The van der Waals surface area contributed by atoms with Crippen LogP contribution in [0.2, 0.25) is 20.1 Å². The zero-order chi connectivity index (χ0) is 49.7. The summed E-state index contributed by atoms with van der Waals surface area (Å²) in [4.78, 5) is 36.8. The second-order valence-electron chi connectivity index (χ2n) is 20.6. The number of amides is 1. The first-order chi connectivity index (χ1) is 34.2.